The van der Waals surface area contributed by atoms with Crippen LogP contribution in [0.4, 0.5) is 0 Å². The summed E-state index contributed by atoms with van der Waals surface area (Å²) >= 11 is 0. The highest BCUT2D eigenvalue weighted by atomic mass is 16.3. The molecule has 0 amide bonds. The summed E-state index contributed by atoms with van der Waals surface area (Å²) in [4.78, 5) is 9.67. The predicted molar refractivity (Wildman–Crippen MR) is 130 cm³/mol. The fourth-order valence-corrected chi connectivity index (χ4v) is 4.22. The molecule has 152 valence electrons. The molecule has 3 nitrogen and oxygen atoms in total. The van der Waals surface area contributed by atoms with Gasteiger partial charge < -0.3 is 4.42 Å². The molecule has 3 heteroatoms. The van der Waals surface area contributed by atoms with Crippen molar-refractivity contribution in [3.63, 3.8) is 0 Å². The van der Waals surface area contributed by atoms with Crippen molar-refractivity contribution < 1.29 is 4.42 Å². The molecule has 0 atom stereocenters. The van der Waals surface area contributed by atoms with Crippen molar-refractivity contribution in [2.24, 2.45) is 0 Å². The molecule has 0 saturated carbocycles. The van der Waals surface area contributed by atoms with Gasteiger partial charge in [0.2, 0.25) is 0 Å². The minimum atomic E-state index is 0.678. The molecule has 0 spiro atoms. The van der Waals surface area contributed by atoms with Crippen molar-refractivity contribution in [1.82, 2.24) is 9.97 Å². The third-order valence-electron chi connectivity index (χ3n) is 5.79. The van der Waals surface area contributed by atoms with Gasteiger partial charge in [-0.2, -0.15) is 0 Å². The quantitative estimate of drug-likeness (QED) is 0.299. The zero-order valence-electron chi connectivity index (χ0n) is 17.6. The van der Waals surface area contributed by atoms with Gasteiger partial charge in [0.05, 0.1) is 11.3 Å². The highest BCUT2D eigenvalue weighted by molar-refractivity contribution is 6.09. The minimum Gasteiger partial charge on any atom is -0.455 e. The van der Waals surface area contributed by atoms with Crippen LogP contribution in [0.2, 0.25) is 0 Å². The third kappa shape index (κ3) is 3.15. The predicted octanol–water partition coefficient (Wildman–Crippen LogP) is 7.69. The maximum Gasteiger partial charge on any atom is 0.163 e. The van der Waals surface area contributed by atoms with Crippen LogP contribution in [0, 0.1) is 6.92 Å². The highest BCUT2D eigenvalue weighted by Crippen LogP contribution is 2.35. The van der Waals surface area contributed by atoms with Crippen LogP contribution in [0.3, 0.4) is 0 Å². The molecular weight excluding hydrogens is 392 g/mol. The van der Waals surface area contributed by atoms with Crippen LogP contribution in [0.5, 0.6) is 0 Å². The van der Waals surface area contributed by atoms with Gasteiger partial charge in [0.1, 0.15) is 11.2 Å². The first kappa shape index (κ1) is 18.5. The molecule has 32 heavy (non-hydrogen) atoms. The summed E-state index contributed by atoms with van der Waals surface area (Å²) in [6.45, 7) is 2.01. The zero-order valence-corrected chi connectivity index (χ0v) is 17.6. The molecule has 0 bridgehead atoms. The second-order valence-corrected chi connectivity index (χ2v) is 7.94. The molecule has 0 fully saturated rings. The van der Waals surface area contributed by atoms with E-state index in [9.17, 15) is 0 Å². The molecule has 2 aromatic heterocycles. The topological polar surface area (TPSA) is 38.9 Å². The Bertz CT molecular complexity index is 1560. The van der Waals surface area contributed by atoms with Crippen LogP contribution in [0.25, 0.3) is 55.7 Å². The molecule has 6 aromatic rings. The number of aryl methyl sites for hydroxylation is 1. The van der Waals surface area contributed by atoms with Crippen LogP contribution in [-0.2, 0) is 0 Å². The van der Waals surface area contributed by atoms with Crippen molar-refractivity contribution in [3.05, 3.63) is 109 Å². The summed E-state index contributed by atoms with van der Waals surface area (Å²) < 4.78 is 6.21. The van der Waals surface area contributed by atoms with Crippen molar-refractivity contribution in [2.45, 2.75) is 6.92 Å². The number of nitrogens with zero attached hydrogens (tertiary/aromatic N) is 2. The Labute approximate surface area is 186 Å². The van der Waals surface area contributed by atoms with Gasteiger partial charge in [0, 0.05) is 22.0 Å². The lowest BCUT2D eigenvalue weighted by molar-refractivity contribution is 0.669. The van der Waals surface area contributed by atoms with Crippen LogP contribution >= 0.6 is 0 Å². The Hall–Kier alpha value is -4.24. The first-order valence-corrected chi connectivity index (χ1v) is 10.7. The largest absolute Gasteiger partial charge is 0.455 e. The van der Waals surface area contributed by atoms with E-state index in [1.54, 1.807) is 0 Å². The lowest BCUT2D eigenvalue weighted by atomic mass is 10.0. The van der Waals surface area contributed by atoms with Gasteiger partial charge in [-0.3, -0.25) is 0 Å². The van der Waals surface area contributed by atoms with Crippen LogP contribution in [0.1, 0.15) is 5.69 Å². The Balaban J connectivity index is 1.46. The molecule has 2 heterocycles. The molecule has 0 saturated heterocycles. The Morgan fingerprint density at radius 3 is 2.12 bits per heavy atom. The summed E-state index contributed by atoms with van der Waals surface area (Å²) in [5.41, 5.74) is 7.88. The van der Waals surface area contributed by atoms with Gasteiger partial charge in [-0.25, -0.2) is 9.97 Å². The first-order chi connectivity index (χ1) is 15.8. The molecule has 0 unspecified atom stereocenters. The highest BCUT2D eigenvalue weighted by Gasteiger charge is 2.15. The van der Waals surface area contributed by atoms with Crippen molar-refractivity contribution in [3.8, 4) is 33.8 Å². The molecule has 6 rings (SSSR count). The second-order valence-electron chi connectivity index (χ2n) is 7.94. The van der Waals surface area contributed by atoms with Crippen molar-refractivity contribution >= 4 is 21.9 Å². The monoisotopic (exact) mass is 412 g/mol. The molecule has 0 N–H and O–H groups in total. The SMILES string of the molecule is Cc1cc(-c2ccc(-c3ccccc3)cc2)nc(-c2cccc3c2oc2ccccc23)n1. The first-order valence-electron chi connectivity index (χ1n) is 10.7. The lowest BCUT2D eigenvalue weighted by Crippen LogP contribution is -1.95. The zero-order chi connectivity index (χ0) is 21.5. The van der Waals surface area contributed by atoms with Gasteiger partial charge in [-0.15, -0.1) is 0 Å². The minimum absolute atomic E-state index is 0.678. The second kappa shape index (κ2) is 7.47. The molecule has 0 aliphatic rings. The molecular formula is C29H20N2O. The number of furan rings is 1. The van der Waals surface area contributed by atoms with E-state index in [4.69, 9.17) is 14.4 Å². The maximum atomic E-state index is 6.21. The fraction of sp³-hybridized carbons (Fsp3) is 0.0345. The van der Waals surface area contributed by atoms with Gasteiger partial charge >= 0.3 is 0 Å². The van der Waals surface area contributed by atoms with E-state index in [0.717, 1.165) is 44.5 Å². The van der Waals surface area contributed by atoms with E-state index >= 15 is 0 Å². The van der Waals surface area contributed by atoms with Crippen LogP contribution in [-0.4, -0.2) is 9.97 Å². The Morgan fingerprint density at radius 1 is 0.594 bits per heavy atom. The van der Waals surface area contributed by atoms with E-state index in [2.05, 4.69) is 60.7 Å². The van der Waals surface area contributed by atoms with E-state index in [1.165, 1.54) is 11.1 Å². The van der Waals surface area contributed by atoms with E-state index in [1.807, 2.05) is 49.4 Å². The van der Waals surface area contributed by atoms with Crippen LogP contribution in [0.15, 0.2) is 108 Å². The number of benzene rings is 4. The molecule has 4 aromatic carbocycles. The summed E-state index contributed by atoms with van der Waals surface area (Å²) in [6.07, 6.45) is 0. The van der Waals surface area contributed by atoms with E-state index < -0.39 is 0 Å². The average molecular weight is 412 g/mol. The molecule has 0 aliphatic heterocycles. The van der Waals surface area contributed by atoms with Gasteiger partial charge in [0.25, 0.3) is 0 Å². The van der Waals surface area contributed by atoms with Crippen molar-refractivity contribution in [2.75, 3.05) is 0 Å². The third-order valence-corrected chi connectivity index (χ3v) is 5.79. The average Bonchev–Trinajstić information content (AvgIpc) is 3.23. The van der Waals surface area contributed by atoms with Gasteiger partial charge in [-0.05, 0) is 36.2 Å². The summed E-state index contributed by atoms with van der Waals surface area (Å²) in [7, 11) is 0. The summed E-state index contributed by atoms with van der Waals surface area (Å²) in [6, 6.07) is 35.2. The fourth-order valence-electron chi connectivity index (χ4n) is 4.22. The number of fused-ring (bicyclic) bond motifs is 3. The van der Waals surface area contributed by atoms with Crippen molar-refractivity contribution in [1.29, 1.82) is 0 Å². The lowest BCUT2D eigenvalue weighted by Gasteiger charge is -2.08. The number of aromatic nitrogens is 2. The molecule has 0 aliphatic carbocycles. The van der Waals surface area contributed by atoms with Crippen LogP contribution < -0.4 is 0 Å². The standard InChI is InChI=1S/C29H20N2O/c1-19-18-26(22-16-14-21(15-17-22)20-8-3-2-4-9-20)31-29(30-19)25-12-7-11-24-23-10-5-6-13-27(23)32-28(24)25/h2-18H,1H3. The maximum absolute atomic E-state index is 6.21. The number of hydrogen-bond acceptors (Lipinski definition) is 3. The van der Waals surface area contributed by atoms with Gasteiger partial charge in [-0.1, -0.05) is 84.9 Å². The Kier molecular flexibility index (Phi) is 4.32. The summed E-state index contributed by atoms with van der Waals surface area (Å²) in [5.74, 6) is 0.678. The number of para-hydroxylation sites is 2. The Morgan fingerprint density at radius 2 is 1.28 bits per heavy atom. The normalized spacial score (nSPS) is 11.3. The number of rotatable bonds is 3. The van der Waals surface area contributed by atoms with E-state index in [0.29, 0.717) is 5.82 Å². The molecule has 0 radical (unpaired) electrons. The smallest absolute Gasteiger partial charge is 0.163 e. The van der Waals surface area contributed by atoms with E-state index in [-0.39, 0.29) is 0 Å². The summed E-state index contributed by atoms with van der Waals surface area (Å²) in [5, 5.41) is 2.19. The van der Waals surface area contributed by atoms with Gasteiger partial charge in [0.15, 0.2) is 5.82 Å². The number of hydrogen-bond donors (Lipinski definition) is 0.